The maximum Gasteiger partial charge on any atom is 0.287 e. The minimum atomic E-state index is -0.495. The van der Waals surface area contributed by atoms with E-state index < -0.39 is 4.92 Å². The molecule has 0 saturated carbocycles. The SMILES string of the molecule is O=[N+]([O-])c1ccc(OC2=CC[CH]C=C2)nc1. The zero-order valence-electron chi connectivity index (χ0n) is 8.37. The molecule has 0 bridgehead atoms. The molecule has 1 radical (unpaired) electrons. The van der Waals surface area contributed by atoms with Gasteiger partial charge in [0.05, 0.1) is 4.92 Å². The lowest BCUT2D eigenvalue weighted by Crippen LogP contribution is -1.97. The van der Waals surface area contributed by atoms with Crippen molar-refractivity contribution in [2.24, 2.45) is 0 Å². The van der Waals surface area contributed by atoms with E-state index in [4.69, 9.17) is 4.74 Å². The van der Waals surface area contributed by atoms with E-state index >= 15 is 0 Å². The molecule has 0 aliphatic heterocycles. The predicted octanol–water partition coefficient (Wildman–Crippen LogP) is 2.42. The predicted molar refractivity (Wildman–Crippen MR) is 57.7 cm³/mol. The van der Waals surface area contributed by atoms with Gasteiger partial charge in [-0.1, -0.05) is 6.08 Å². The highest BCUT2D eigenvalue weighted by atomic mass is 16.6. The Balaban J connectivity index is 2.08. The number of nitro groups is 1. The monoisotopic (exact) mass is 217 g/mol. The summed E-state index contributed by atoms with van der Waals surface area (Å²) in [6.07, 6.45) is 9.60. The van der Waals surface area contributed by atoms with Crippen LogP contribution in [-0.2, 0) is 0 Å². The van der Waals surface area contributed by atoms with Gasteiger partial charge < -0.3 is 4.74 Å². The molecule has 1 aliphatic rings. The molecule has 2 rings (SSSR count). The van der Waals surface area contributed by atoms with Crippen LogP contribution >= 0.6 is 0 Å². The number of pyridine rings is 1. The highest BCUT2D eigenvalue weighted by Gasteiger charge is 2.07. The average Bonchev–Trinajstić information content (AvgIpc) is 2.31. The van der Waals surface area contributed by atoms with Crippen molar-refractivity contribution >= 4 is 5.69 Å². The second-order valence-corrected chi connectivity index (χ2v) is 3.15. The minimum absolute atomic E-state index is 0.0474. The summed E-state index contributed by atoms with van der Waals surface area (Å²) in [7, 11) is 0. The fourth-order valence-electron chi connectivity index (χ4n) is 1.23. The lowest BCUT2D eigenvalue weighted by atomic mass is 10.2. The van der Waals surface area contributed by atoms with E-state index in [9.17, 15) is 10.1 Å². The van der Waals surface area contributed by atoms with Gasteiger partial charge in [-0.05, 0) is 25.0 Å². The summed E-state index contributed by atoms with van der Waals surface area (Å²) in [4.78, 5) is 13.8. The molecule has 81 valence electrons. The summed E-state index contributed by atoms with van der Waals surface area (Å²) in [5, 5.41) is 10.4. The molecule has 1 heterocycles. The van der Waals surface area contributed by atoms with Gasteiger partial charge in [0.1, 0.15) is 12.0 Å². The minimum Gasteiger partial charge on any atom is -0.439 e. The van der Waals surface area contributed by atoms with Gasteiger partial charge in [-0.25, -0.2) is 4.98 Å². The van der Waals surface area contributed by atoms with E-state index in [1.807, 2.05) is 24.6 Å². The molecule has 0 fully saturated rings. The molecule has 1 aliphatic carbocycles. The first-order valence-electron chi connectivity index (χ1n) is 4.74. The molecule has 5 heteroatoms. The molecule has 1 aromatic heterocycles. The van der Waals surface area contributed by atoms with E-state index in [1.54, 1.807) is 0 Å². The quantitative estimate of drug-likeness (QED) is 0.576. The fraction of sp³-hybridized carbons (Fsp3) is 0.0909. The average molecular weight is 217 g/mol. The Labute approximate surface area is 92.2 Å². The standard InChI is InChI=1S/C11H9N2O3/c14-13(15)9-6-7-11(12-8-9)16-10-4-2-1-3-5-10/h1-2,4-8H,3H2. The molecule has 0 unspecified atom stereocenters. The molecule has 0 N–H and O–H groups in total. The molecule has 1 aromatic rings. The zero-order valence-corrected chi connectivity index (χ0v) is 8.37. The lowest BCUT2D eigenvalue weighted by Gasteiger charge is -2.07. The first kappa shape index (κ1) is 10.4. The number of hydrogen-bond donors (Lipinski definition) is 0. The Hall–Kier alpha value is -2.17. The van der Waals surface area contributed by atoms with Crippen LogP contribution in [0, 0.1) is 16.5 Å². The fourth-order valence-corrected chi connectivity index (χ4v) is 1.23. The highest BCUT2D eigenvalue weighted by Crippen LogP contribution is 2.17. The van der Waals surface area contributed by atoms with Crippen LogP contribution in [0.4, 0.5) is 5.69 Å². The number of hydrogen-bond acceptors (Lipinski definition) is 4. The maximum absolute atomic E-state index is 10.4. The second kappa shape index (κ2) is 4.57. The van der Waals surface area contributed by atoms with Gasteiger partial charge in [0.25, 0.3) is 5.69 Å². The molecule has 0 saturated heterocycles. The van der Waals surface area contributed by atoms with Gasteiger partial charge in [-0.3, -0.25) is 10.1 Å². The normalized spacial score (nSPS) is 14.4. The van der Waals surface area contributed by atoms with Crippen molar-refractivity contribution in [2.45, 2.75) is 6.42 Å². The number of rotatable bonds is 3. The van der Waals surface area contributed by atoms with E-state index in [-0.39, 0.29) is 5.69 Å². The summed E-state index contributed by atoms with van der Waals surface area (Å²) in [5.41, 5.74) is -0.0474. The number of nitrogens with zero attached hydrogens (tertiary/aromatic N) is 2. The van der Waals surface area contributed by atoms with Crippen molar-refractivity contribution in [1.82, 2.24) is 4.98 Å². The van der Waals surface area contributed by atoms with Crippen molar-refractivity contribution in [1.29, 1.82) is 0 Å². The van der Waals surface area contributed by atoms with E-state index in [0.29, 0.717) is 11.6 Å². The first-order chi connectivity index (χ1) is 7.75. The van der Waals surface area contributed by atoms with Gasteiger partial charge in [0.2, 0.25) is 5.88 Å². The molecule has 0 amide bonds. The third kappa shape index (κ3) is 2.44. The van der Waals surface area contributed by atoms with Crippen molar-refractivity contribution in [3.05, 3.63) is 58.9 Å². The Morgan fingerprint density at radius 1 is 1.44 bits per heavy atom. The summed E-state index contributed by atoms with van der Waals surface area (Å²) in [5.74, 6) is 1.05. The van der Waals surface area contributed by atoms with Gasteiger partial charge in [-0.15, -0.1) is 0 Å². The van der Waals surface area contributed by atoms with Gasteiger partial charge in [-0.2, -0.15) is 0 Å². The van der Waals surface area contributed by atoms with Crippen LogP contribution in [0.25, 0.3) is 0 Å². The van der Waals surface area contributed by atoms with Gasteiger partial charge in [0.15, 0.2) is 0 Å². The molecule has 0 spiro atoms. The lowest BCUT2D eigenvalue weighted by molar-refractivity contribution is -0.385. The zero-order chi connectivity index (χ0) is 11.4. The Morgan fingerprint density at radius 3 is 2.88 bits per heavy atom. The van der Waals surface area contributed by atoms with E-state index in [1.165, 1.54) is 18.3 Å². The Bertz CT molecular complexity index is 449. The van der Waals surface area contributed by atoms with Crippen LogP contribution in [0.3, 0.4) is 0 Å². The Kier molecular flexibility index (Phi) is 2.95. The number of allylic oxidation sites excluding steroid dienone is 3. The van der Waals surface area contributed by atoms with Crippen LogP contribution in [0.5, 0.6) is 5.88 Å². The maximum atomic E-state index is 10.4. The number of aromatic nitrogens is 1. The van der Waals surface area contributed by atoms with E-state index in [0.717, 1.165) is 6.42 Å². The summed E-state index contributed by atoms with van der Waals surface area (Å²) in [6, 6.07) is 2.84. The summed E-state index contributed by atoms with van der Waals surface area (Å²) >= 11 is 0. The van der Waals surface area contributed by atoms with Crippen LogP contribution in [0.2, 0.25) is 0 Å². The van der Waals surface area contributed by atoms with Crippen molar-refractivity contribution in [2.75, 3.05) is 0 Å². The van der Waals surface area contributed by atoms with Crippen LogP contribution in [-0.4, -0.2) is 9.91 Å². The first-order valence-corrected chi connectivity index (χ1v) is 4.74. The summed E-state index contributed by atoms with van der Waals surface area (Å²) < 4.78 is 5.41. The van der Waals surface area contributed by atoms with Crippen LogP contribution < -0.4 is 4.74 Å². The van der Waals surface area contributed by atoms with Crippen molar-refractivity contribution in [3.63, 3.8) is 0 Å². The third-order valence-electron chi connectivity index (χ3n) is 2.01. The van der Waals surface area contributed by atoms with Gasteiger partial charge >= 0.3 is 0 Å². The summed E-state index contributed by atoms with van der Waals surface area (Å²) in [6.45, 7) is 0. The molecule has 0 atom stereocenters. The third-order valence-corrected chi connectivity index (χ3v) is 2.01. The largest absolute Gasteiger partial charge is 0.439 e. The number of ether oxygens (including phenoxy) is 1. The smallest absolute Gasteiger partial charge is 0.287 e. The van der Waals surface area contributed by atoms with Crippen LogP contribution in [0.15, 0.2) is 42.3 Å². The highest BCUT2D eigenvalue weighted by molar-refractivity contribution is 5.31. The Morgan fingerprint density at radius 2 is 2.31 bits per heavy atom. The van der Waals surface area contributed by atoms with Crippen molar-refractivity contribution in [3.8, 4) is 5.88 Å². The van der Waals surface area contributed by atoms with Gasteiger partial charge in [0, 0.05) is 12.1 Å². The molecule has 16 heavy (non-hydrogen) atoms. The molecular formula is C11H9N2O3. The molecular weight excluding hydrogens is 208 g/mol. The van der Waals surface area contributed by atoms with Crippen molar-refractivity contribution < 1.29 is 9.66 Å². The topological polar surface area (TPSA) is 65.3 Å². The molecule has 0 aromatic carbocycles. The second-order valence-electron chi connectivity index (χ2n) is 3.15. The van der Waals surface area contributed by atoms with Crippen LogP contribution in [0.1, 0.15) is 6.42 Å². The molecule has 5 nitrogen and oxygen atoms in total. The van der Waals surface area contributed by atoms with E-state index in [2.05, 4.69) is 4.98 Å².